The summed E-state index contributed by atoms with van der Waals surface area (Å²) < 4.78 is 0. The van der Waals surface area contributed by atoms with Crippen molar-refractivity contribution in [3.63, 3.8) is 0 Å². The summed E-state index contributed by atoms with van der Waals surface area (Å²) >= 11 is 1.77. The van der Waals surface area contributed by atoms with E-state index in [2.05, 4.69) is 39.6 Å². The molecule has 1 aromatic heterocycles. The Morgan fingerprint density at radius 1 is 1.44 bits per heavy atom. The molecule has 16 heavy (non-hydrogen) atoms. The van der Waals surface area contributed by atoms with Crippen molar-refractivity contribution in [3.05, 3.63) is 23.9 Å². The molecule has 0 radical (unpaired) electrons. The van der Waals surface area contributed by atoms with Crippen LogP contribution in [0.1, 0.15) is 5.56 Å². The lowest BCUT2D eigenvalue weighted by atomic mass is 10.1. The maximum Gasteiger partial charge on any atom is 0.161 e. The lowest BCUT2D eigenvalue weighted by Crippen LogP contribution is -2.06. The minimum Gasteiger partial charge on any atom is -0.335 e. The molecule has 2 heterocycles. The Morgan fingerprint density at radius 2 is 2.38 bits per heavy atom. The molecule has 0 atom stereocenters. The first-order valence-electron chi connectivity index (χ1n) is 5.21. The smallest absolute Gasteiger partial charge is 0.161 e. The first kappa shape index (κ1) is 9.72. The number of nitrogens with zero attached hydrogens (tertiary/aromatic N) is 2. The van der Waals surface area contributed by atoms with Gasteiger partial charge in [-0.25, -0.2) is 0 Å². The van der Waals surface area contributed by atoms with Crippen LogP contribution in [0.2, 0.25) is 0 Å². The summed E-state index contributed by atoms with van der Waals surface area (Å²) in [5, 5.41) is 12.5. The second-order valence-corrected chi connectivity index (χ2v) is 4.87. The SMILES string of the molecule is Cc1cc2[nH]ncc2cc1NC1=NCCS1. The van der Waals surface area contributed by atoms with Crippen LogP contribution in [0.25, 0.3) is 10.9 Å². The number of fused-ring (bicyclic) bond motifs is 1. The van der Waals surface area contributed by atoms with Crippen LogP contribution in [0.4, 0.5) is 5.69 Å². The topological polar surface area (TPSA) is 53.1 Å². The van der Waals surface area contributed by atoms with Gasteiger partial charge < -0.3 is 5.32 Å². The molecule has 0 saturated heterocycles. The van der Waals surface area contributed by atoms with Gasteiger partial charge in [-0.05, 0) is 24.6 Å². The lowest BCUT2D eigenvalue weighted by molar-refractivity contribution is 1.12. The van der Waals surface area contributed by atoms with Crippen molar-refractivity contribution in [2.45, 2.75) is 6.92 Å². The van der Waals surface area contributed by atoms with Crippen LogP contribution in [0.3, 0.4) is 0 Å². The first-order valence-corrected chi connectivity index (χ1v) is 6.19. The molecule has 5 heteroatoms. The van der Waals surface area contributed by atoms with E-state index in [-0.39, 0.29) is 0 Å². The molecule has 0 unspecified atom stereocenters. The standard InChI is InChI=1S/C11H12N4S/c1-7-4-10-8(6-13-15-10)5-9(7)14-11-12-2-3-16-11/h4-6H,2-3H2,1H3,(H,12,14)(H,13,15). The Hall–Kier alpha value is -1.49. The fourth-order valence-electron chi connectivity index (χ4n) is 1.76. The highest BCUT2D eigenvalue weighted by Gasteiger charge is 2.09. The van der Waals surface area contributed by atoms with E-state index in [1.54, 1.807) is 11.8 Å². The van der Waals surface area contributed by atoms with Gasteiger partial charge in [-0.3, -0.25) is 10.1 Å². The van der Waals surface area contributed by atoms with Gasteiger partial charge in [-0.15, -0.1) is 0 Å². The number of aryl methyl sites for hydroxylation is 1. The summed E-state index contributed by atoms with van der Waals surface area (Å²) in [7, 11) is 0. The van der Waals surface area contributed by atoms with Crippen LogP contribution in [0.15, 0.2) is 23.3 Å². The van der Waals surface area contributed by atoms with E-state index in [1.165, 1.54) is 5.56 Å². The predicted octanol–water partition coefficient (Wildman–Crippen LogP) is 2.39. The molecule has 1 aliphatic heterocycles. The van der Waals surface area contributed by atoms with E-state index in [0.717, 1.165) is 34.1 Å². The number of amidine groups is 1. The number of benzene rings is 1. The Balaban J connectivity index is 1.98. The number of H-pyrrole nitrogens is 1. The normalized spacial score (nSPS) is 15.4. The van der Waals surface area contributed by atoms with Crippen molar-refractivity contribution in [1.29, 1.82) is 0 Å². The third-order valence-electron chi connectivity index (χ3n) is 2.61. The maximum atomic E-state index is 4.38. The molecule has 0 fully saturated rings. The van der Waals surface area contributed by atoms with Gasteiger partial charge >= 0.3 is 0 Å². The van der Waals surface area contributed by atoms with Gasteiger partial charge in [0.1, 0.15) is 0 Å². The first-order chi connectivity index (χ1) is 7.83. The van der Waals surface area contributed by atoms with Gasteiger partial charge in [0.15, 0.2) is 5.17 Å². The lowest BCUT2D eigenvalue weighted by Gasteiger charge is -2.08. The highest BCUT2D eigenvalue weighted by Crippen LogP contribution is 2.24. The minimum atomic E-state index is 0.917. The van der Waals surface area contributed by atoms with Crippen LogP contribution < -0.4 is 5.32 Å². The molecule has 3 rings (SSSR count). The Morgan fingerprint density at radius 3 is 3.19 bits per heavy atom. The number of hydrogen-bond acceptors (Lipinski definition) is 4. The highest BCUT2D eigenvalue weighted by atomic mass is 32.2. The van der Waals surface area contributed by atoms with E-state index < -0.39 is 0 Å². The van der Waals surface area contributed by atoms with E-state index in [0.29, 0.717) is 0 Å². The molecule has 1 aromatic carbocycles. The number of aromatic nitrogens is 2. The van der Waals surface area contributed by atoms with Crippen LogP contribution in [0, 0.1) is 6.92 Å². The molecule has 1 aliphatic rings. The molecule has 0 bridgehead atoms. The zero-order chi connectivity index (χ0) is 11.0. The van der Waals surface area contributed by atoms with Gasteiger partial charge in [-0.2, -0.15) is 5.10 Å². The van der Waals surface area contributed by atoms with Crippen molar-refractivity contribution in [2.75, 3.05) is 17.6 Å². The number of nitrogens with one attached hydrogen (secondary N) is 2. The van der Waals surface area contributed by atoms with Crippen molar-refractivity contribution in [3.8, 4) is 0 Å². The van der Waals surface area contributed by atoms with Crippen molar-refractivity contribution in [2.24, 2.45) is 4.99 Å². The zero-order valence-electron chi connectivity index (χ0n) is 8.95. The summed E-state index contributed by atoms with van der Waals surface area (Å²) in [5.74, 6) is 1.08. The molecule has 0 saturated carbocycles. The number of aliphatic imine (C=N–C) groups is 1. The number of hydrogen-bond donors (Lipinski definition) is 2. The third kappa shape index (κ3) is 1.67. The molecule has 0 amide bonds. The average molecular weight is 232 g/mol. The van der Waals surface area contributed by atoms with Crippen molar-refractivity contribution in [1.82, 2.24) is 10.2 Å². The molecular formula is C11H12N4S. The van der Waals surface area contributed by atoms with Gasteiger partial charge in [0.05, 0.1) is 18.3 Å². The van der Waals surface area contributed by atoms with Crippen LogP contribution in [0.5, 0.6) is 0 Å². The molecule has 2 N–H and O–H groups in total. The van der Waals surface area contributed by atoms with E-state index >= 15 is 0 Å². The summed E-state index contributed by atoms with van der Waals surface area (Å²) in [6.07, 6.45) is 1.84. The molecule has 4 nitrogen and oxygen atoms in total. The Kier molecular flexibility index (Phi) is 2.32. The number of aromatic amines is 1. The van der Waals surface area contributed by atoms with Crippen molar-refractivity contribution >= 4 is 33.5 Å². The van der Waals surface area contributed by atoms with Crippen LogP contribution in [-0.2, 0) is 0 Å². The molecule has 82 valence electrons. The van der Waals surface area contributed by atoms with Crippen LogP contribution in [-0.4, -0.2) is 27.7 Å². The monoisotopic (exact) mass is 232 g/mol. The minimum absolute atomic E-state index is 0.917. The number of thioether (sulfide) groups is 1. The van der Waals surface area contributed by atoms with E-state index in [9.17, 15) is 0 Å². The van der Waals surface area contributed by atoms with Gasteiger partial charge in [-0.1, -0.05) is 11.8 Å². The van der Waals surface area contributed by atoms with Gasteiger partial charge in [0.25, 0.3) is 0 Å². The maximum absolute atomic E-state index is 4.38. The fraction of sp³-hybridized carbons (Fsp3) is 0.273. The molecule has 0 aliphatic carbocycles. The van der Waals surface area contributed by atoms with E-state index in [1.807, 2.05) is 6.20 Å². The van der Waals surface area contributed by atoms with Gasteiger partial charge in [0, 0.05) is 16.8 Å². The zero-order valence-corrected chi connectivity index (χ0v) is 9.77. The predicted molar refractivity (Wildman–Crippen MR) is 69.2 cm³/mol. The Bertz CT molecular complexity index is 558. The van der Waals surface area contributed by atoms with Gasteiger partial charge in [0.2, 0.25) is 0 Å². The summed E-state index contributed by atoms with van der Waals surface area (Å²) in [4.78, 5) is 4.38. The second-order valence-electron chi connectivity index (χ2n) is 3.78. The largest absolute Gasteiger partial charge is 0.335 e. The van der Waals surface area contributed by atoms with Crippen LogP contribution >= 0.6 is 11.8 Å². The Labute approximate surface area is 97.5 Å². The fourth-order valence-corrected chi connectivity index (χ4v) is 2.50. The highest BCUT2D eigenvalue weighted by molar-refractivity contribution is 8.14. The van der Waals surface area contributed by atoms with E-state index in [4.69, 9.17) is 0 Å². The number of anilines is 1. The molecular weight excluding hydrogens is 220 g/mol. The van der Waals surface area contributed by atoms with Crippen molar-refractivity contribution < 1.29 is 0 Å². The molecule has 0 spiro atoms. The summed E-state index contributed by atoms with van der Waals surface area (Å²) in [6.45, 7) is 3.00. The average Bonchev–Trinajstić information content (AvgIpc) is 2.89. The summed E-state index contributed by atoms with van der Waals surface area (Å²) in [5.41, 5.74) is 3.39. The molecule has 2 aromatic rings. The summed E-state index contributed by atoms with van der Waals surface area (Å²) in [6, 6.07) is 4.21. The number of rotatable bonds is 1. The quantitative estimate of drug-likeness (QED) is 0.793. The third-order valence-corrected chi connectivity index (χ3v) is 3.50. The second kappa shape index (κ2) is 3.83.